The molecule has 27 heavy (non-hydrogen) atoms. The number of carbonyl (C=O) groups excluding carboxylic acids is 1. The SMILES string of the molecule is CN1CCC(F)CC1.Cc1c(C=O)cnc2c1c(Cl)cn2-c1cnccn1. The Morgan fingerprint density at radius 2 is 1.96 bits per heavy atom. The van der Waals surface area contributed by atoms with Crippen LogP contribution in [0, 0.1) is 6.92 Å². The lowest BCUT2D eigenvalue weighted by Gasteiger charge is -2.23. The third-order valence-corrected chi connectivity index (χ3v) is 4.93. The minimum Gasteiger partial charge on any atom is -0.306 e. The lowest BCUT2D eigenvalue weighted by Crippen LogP contribution is -2.30. The Morgan fingerprint density at radius 3 is 2.56 bits per heavy atom. The number of aromatic nitrogens is 4. The Hall–Kier alpha value is -2.38. The van der Waals surface area contributed by atoms with Crippen LogP contribution in [-0.2, 0) is 0 Å². The van der Waals surface area contributed by atoms with Crippen LogP contribution in [0.2, 0.25) is 5.02 Å². The number of halogens is 2. The first kappa shape index (κ1) is 19.4. The zero-order valence-corrected chi connectivity index (χ0v) is 16.0. The molecule has 3 aromatic rings. The van der Waals surface area contributed by atoms with Gasteiger partial charge in [-0.05, 0) is 32.4 Å². The average molecular weight is 390 g/mol. The molecule has 0 bridgehead atoms. The van der Waals surface area contributed by atoms with Gasteiger partial charge in [0.2, 0.25) is 0 Å². The number of likely N-dealkylation sites (tertiary alicyclic amines) is 1. The predicted octanol–water partition coefficient (Wildman–Crippen LogP) is 3.64. The summed E-state index contributed by atoms with van der Waals surface area (Å²) in [6.07, 6.45) is 9.80. The zero-order chi connectivity index (χ0) is 19.4. The molecule has 0 atom stereocenters. The summed E-state index contributed by atoms with van der Waals surface area (Å²) in [5.74, 6) is 0.630. The van der Waals surface area contributed by atoms with Crippen LogP contribution in [0.25, 0.3) is 16.9 Å². The number of aldehydes is 1. The molecule has 0 saturated carbocycles. The van der Waals surface area contributed by atoms with Crippen molar-refractivity contribution in [3.8, 4) is 5.82 Å². The van der Waals surface area contributed by atoms with Crippen molar-refractivity contribution < 1.29 is 9.18 Å². The van der Waals surface area contributed by atoms with E-state index in [1.54, 1.807) is 29.4 Å². The molecule has 4 rings (SSSR count). The zero-order valence-electron chi connectivity index (χ0n) is 15.3. The van der Waals surface area contributed by atoms with Gasteiger partial charge >= 0.3 is 0 Å². The highest BCUT2D eigenvalue weighted by molar-refractivity contribution is 6.36. The molecule has 0 N–H and O–H groups in total. The van der Waals surface area contributed by atoms with Gasteiger partial charge in [-0.1, -0.05) is 11.6 Å². The van der Waals surface area contributed by atoms with E-state index < -0.39 is 6.17 Å². The second-order valence-electron chi connectivity index (χ2n) is 6.54. The van der Waals surface area contributed by atoms with Gasteiger partial charge in [-0.3, -0.25) is 14.3 Å². The molecule has 1 fully saturated rings. The molecular weight excluding hydrogens is 369 g/mol. The molecule has 0 spiro atoms. The molecule has 0 aromatic carbocycles. The summed E-state index contributed by atoms with van der Waals surface area (Å²) in [5, 5.41) is 1.30. The summed E-state index contributed by atoms with van der Waals surface area (Å²) in [4.78, 5) is 25.6. The maximum Gasteiger partial charge on any atom is 0.156 e. The van der Waals surface area contributed by atoms with Crippen LogP contribution in [0.15, 0.2) is 31.0 Å². The van der Waals surface area contributed by atoms with E-state index in [1.807, 2.05) is 14.0 Å². The molecule has 6 nitrogen and oxygen atoms in total. The smallest absolute Gasteiger partial charge is 0.156 e. The normalized spacial score (nSPS) is 15.4. The number of hydrogen-bond donors (Lipinski definition) is 0. The Kier molecular flexibility index (Phi) is 6.13. The molecule has 1 aliphatic rings. The van der Waals surface area contributed by atoms with Gasteiger partial charge in [-0.15, -0.1) is 0 Å². The number of hydrogen-bond acceptors (Lipinski definition) is 5. The Morgan fingerprint density at radius 1 is 1.22 bits per heavy atom. The number of alkyl halides is 1. The Balaban J connectivity index is 0.000000221. The number of pyridine rings is 1. The maximum absolute atomic E-state index is 12.3. The molecule has 8 heteroatoms. The van der Waals surface area contributed by atoms with Crippen molar-refractivity contribution >= 4 is 28.9 Å². The largest absolute Gasteiger partial charge is 0.306 e. The Bertz CT molecular complexity index is 913. The van der Waals surface area contributed by atoms with Crippen molar-refractivity contribution in [2.75, 3.05) is 20.1 Å². The van der Waals surface area contributed by atoms with Gasteiger partial charge in [0, 0.05) is 48.8 Å². The summed E-state index contributed by atoms with van der Waals surface area (Å²) in [6, 6.07) is 0. The summed E-state index contributed by atoms with van der Waals surface area (Å²) in [6.45, 7) is 3.71. The number of rotatable bonds is 2. The summed E-state index contributed by atoms with van der Waals surface area (Å²) < 4.78 is 14.1. The highest BCUT2D eigenvalue weighted by atomic mass is 35.5. The van der Waals surface area contributed by atoms with Crippen molar-refractivity contribution in [1.82, 2.24) is 24.4 Å². The highest BCUT2D eigenvalue weighted by Gasteiger charge is 2.15. The first-order chi connectivity index (χ1) is 13.0. The van der Waals surface area contributed by atoms with E-state index in [4.69, 9.17) is 11.6 Å². The Labute approximate surface area is 162 Å². The van der Waals surface area contributed by atoms with Crippen LogP contribution >= 0.6 is 11.6 Å². The fraction of sp³-hybridized carbons (Fsp3) is 0.368. The molecule has 1 aliphatic heterocycles. The van der Waals surface area contributed by atoms with Crippen LogP contribution in [0.5, 0.6) is 0 Å². The van der Waals surface area contributed by atoms with Gasteiger partial charge in [0.05, 0.1) is 11.2 Å². The molecule has 0 aliphatic carbocycles. The minimum absolute atomic E-state index is 0.522. The van der Waals surface area contributed by atoms with Crippen LogP contribution in [0.1, 0.15) is 28.8 Å². The van der Waals surface area contributed by atoms with Crippen molar-refractivity contribution in [1.29, 1.82) is 0 Å². The van der Waals surface area contributed by atoms with Gasteiger partial charge < -0.3 is 4.90 Å². The molecule has 0 radical (unpaired) electrons. The van der Waals surface area contributed by atoms with Crippen molar-refractivity contribution in [2.24, 2.45) is 0 Å². The second kappa shape index (κ2) is 8.54. The molecule has 1 saturated heterocycles. The first-order valence-electron chi connectivity index (χ1n) is 8.71. The van der Waals surface area contributed by atoms with Gasteiger partial charge in [0.15, 0.2) is 12.1 Å². The number of carbonyl (C=O) groups is 1. The van der Waals surface area contributed by atoms with Crippen molar-refractivity contribution in [2.45, 2.75) is 25.9 Å². The van der Waals surface area contributed by atoms with E-state index in [1.165, 1.54) is 6.20 Å². The maximum atomic E-state index is 12.3. The van der Waals surface area contributed by atoms with Crippen LogP contribution < -0.4 is 0 Å². The lowest BCUT2D eigenvalue weighted by molar-refractivity contribution is 0.112. The van der Waals surface area contributed by atoms with Crippen molar-refractivity contribution in [3.63, 3.8) is 0 Å². The third kappa shape index (κ3) is 4.31. The lowest BCUT2D eigenvalue weighted by atomic mass is 10.1. The minimum atomic E-state index is -0.522. The summed E-state index contributed by atoms with van der Waals surface area (Å²) in [7, 11) is 2.03. The average Bonchev–Trinajstić information content (AvgIpc) is 3.03. The van der Waals surface area contributed by atoms with Crippen molar-refractivity contribution in [3.05, 3.63) is 47.1 Å². The molecule has 0 amide bonds. The first-order valence-corrected chi connectivity index (χ1v) is 9.09. The topological polar surface area (TPSA) is 63.9 Å². The van der Waals surface area contributed by atoms with E-state index in [-0.39, 0.29) is 0 Å². The predicted molar refractivity (Wildman–Crippen MR) is 103 cm³/mol. The fourth-order valence-corrected chi connectivity index (χ4v) is 3.32. The van der Waals surface area contributed by atoms with E-state index in [9.17, 15) is 9.18 Å². The number of fused-ring (bicyclic) bond motifs is 1. The van der Waals surface area contributed by atoms with Crippen LogP contribution in [-0.4, -0.2) is 57.0 Å². The molecule has 142 valence electrons. The summed E-state index contributed by atoms with van der Waals surface area (Å²) in [5.41, 5.74) is 2.01. The van der Waals surface area contributed by atoms with Gasteiger partial charge in [-0.25, -0.2) is 14.4 Å². The summed E-state index contributed by atoms with van der Waals surface area (Å²) >= 11 is 6.24. The molecule has 4 heterocycles. The quantitative estimate of drug-likeness (QED) is 0.626. The standard InChI is InChI=1S/C13H9ClN4O.C6H12FN/c1-8-9(7-19)4-17-13-12(8)10(14)6-18(13)11-5-15-2-3-16-11;1-8-4-2-6(7)3-5-8/h2-7H,1H3;6H,2-5H2,1H3. The fourth-order valence-electron chi connectivity index (χ4n) is 3.00. The number of nitrogens with zero attached hydrogens (tertiary/aromatic N) is 5. The highest BCUT2D eigenvalue weighted by Crippen LogP contribution is 2.30. The van der Waals surface area contributed by atoms with Crippen LogP contribution in [0.3, 0.4) is 0 Å². The number of piperidine rings is 1. The van der Waals surface area contributed by atoms with E-state index in [2.05, 4.69) is 19.9 Å². The van der Waals surface area contributed by atoms with E-state index in [0.29, 0.717) is 22.1 Å². The van der Waals surface area contributed by atoms with Gasteiger partial charge in [0.25, 0.3) is 0 Å². The molecule has 0 unspecified atom stereocenters. The van der Waals surface area contributed by atoms with E-state index >= 15 is 0 Å². The monoisotopic (exact) mass is 389 g/mol. The third-order valence-electron chi connectivity index (χ3n) is 4.64. The second-order valence-corrected chi connectivity index (χ2v) is 6.95. The number of aryl methyl sites for hydroxylation is 1. The van der Waals surface area contributed by atoms with Gasteiger partial charge in [0.1, 0.15) is 11.8 Å². The van der Waals surface area contributed by atoms with E-state index in [0.717, 1.165) is 43.2 Å². The molecule has 3 aromatic heterocycles. The molecular formula is C19H21ClFN5O. The van der Waals surface area contributed by atoms with Gasteiger partial charge in [-0.2, -0.15) is 0 Å². The van der Waals surface area contributed by atoms with Crippen LogP contribution in [0.4, 0.5) is 4.39 Å².